The van der Waals surface area contributed by atoms with Crippen molar-refractivity contribution in [2.75, 3.05) is 38.6 Å². The van der Waals surface area contributed by atoms with Crippen molar-refractivity contribution in [1.29, 1.82) is 0 Å². The van der Waals surface area contributed by atoms with E-state index in [4.69, 9.17) is 4.74 Å². The molecule has 1 aliphatic heterocycles. The van der Waals surface area contributed by atoms with Crippen molar-refractivity contribution in [3.8, 4) is 0 Å². The molecule has 0 bridgehead atoms. The van der Waals surface area contributed by atoms with E-state index in [2.05, 4.69) is 15.5 Å². The van der Waals surface area contributed by atoms with Crippen LogP contribution in [0.3, 0.4) is 0 Å². The highest BCUT2D eigenvalue weighted by molar-refractivity contribution is 5.96. The summed E-state index contributed by atoms with van der Waals surface area (Å²) in [6.07, 6.45) is 1.94. The SMILES string of the molecule is CN1CCOC(CNc2ccc(C(=O)NC3CC3)cc2[N+](=O)[O-])C1. The van der Waals surface area contributed by atoms with Gasteiger partial charge < -0.3 is 20.3 Å². The monoisotopic (exact) mass is 334 g/mol. The molecule has 1 atom stereocenters. The van der Waals surface area contributed by atoms with Gasteiger partial charge in [0.05, 0.1) is 17.6 Å². The molecule has 2 N–H and O–H groups in total. The molecule has 1 aromatic carbocycles. The molecule has 8 heteroatoms. The molecule has 1 amide bonds. The Morgan fingerprint density at radius 3 is 2.92 bits per heavy atom. The average molecular weight is 334 g/mol. The van der Waals surface area contributed by atoms with E-state index < -0.39 is 4.92 Å². The summed E-state index contributed by atoms with van der Waals surface area (Å²) in [6.45, 7) is 2.81. The lowest BCUT2D eigenvalue weighted by molar-refractivity contribution is -0.384. The fraction of sp³-hybridized carbons (Fsp3) is 0.562. The first kappa shape index (κ1) is 16.7. The number of nitrogens with zero attached hydrogens (tertiary/aromatic N) is 2. The van der Waals surface area contributed by atoms with E-state index in [0.717, 1.165) is 25.9 Å². The number of likely N-dealkylation sites (N-methyl/N-ethyl adjacent to an activating group) is 1. The number of hydrogen-bond acceptors (Lipinski definition) is 6. The number of anilines is 1. The van der Waals surface area contributed by atoms with E-state index in [1.54, 1.807) is 12.1 Å². The molecule has 1 aromatic rings. The second-order valence-electron chi connectivity index (χ2n) is 6.37. The van der Waals surface area contributed by atoms with Crippen LogP contribution in [-0.2, 0) is 4.74 Å². The minimum atomic E-state index is -0.468. The van der Waals surface area contributed by atoms with Gasteiger partial charge in [0.25, 0.3) is 11.6 Å². The minimum Gasteiger partial charge on any atom is -0.377 e. The Hall–Kier alpha value is -2.19. The van der Waals surface area contributed by atoms with Crippen molar-refractivity contribution in [2.24, 2.45) is 0 Å². The maximum absolute atomic E-state index is 12.0. The van der Waals surface area contributed by atoms with Crippen molar-refractivity contribution in [3.63, 3.8) is 0 Å². The number of morpholine rings is 1. The van der Waals surface area contributed by atoms with E-state index in [0.29, 0.717) is 24.4 Å². The zero-order chi connectivity index (χ0) is 17.1. The number of hydrogen-bond donors (Lipinski definition) is 2. The lowest BCUT2D eigenvalue weighted by Gasteiger charge is -2.30. The highest BCUT2D eigenvalue weighted by atomic mass is 16.6. The third-order valence-electron chi connectivity index (χ3n) is 4.23. The smallest absolute Gasteiger partial charge is 0.293 e. The second-order valence-corrected chi connectivity index (χ2v) is 6.37. The molecule has 1 heterocycles. The van der Waals surface area contributed by atoms with Gasteiger partial charge in [-0.1, -0.05) is 0 Å². The average Bonchev–Trinajstić information content (AvgIpc) is 3.36. The first-order valence-corrected chi connectivity index (χ1v) is 8.16. The highest BCUT2D eigenvalue weighted by Gasteiger charge is 2.25. The van der Waals surface area contributed by atoms with Gasteiger partial charge in [0.1, 0.15) is 5.69 Å². The molecule has 0 spiro atoms. The lowest BCUT2D eigenvalue weighted by atomic mass is 10.1. The summed E-state index contributed by atoms with van der Waals surface area (Å²) in [4.78, 5) is 25.1. The van der Waals surface area contributed by atoms with Gasteiger partial charge in [0, 0.05) is 37.3 Å². The summed E-state index contributed by atoms with van der Waals surface area (Å²) < 4.78 is 5.64. The van der Waals surface area contributed by atoms with Gasteiger partial charge >= 0.3 is 0 Å². The van der Waals surface area contributed by atoms with Crippen LogP contribution in [0.5, 0.6) is 0 Å². The number of rotatable bonds is 6. The lowest BCUT2D eigenvalue weighted by Crippen LogP contribution is -2.43. The van der Waals surface area contributed by atoms with E-state index in [9.17, 15) is 14.9 Å². The molecule has 1 saturated heterocycles. The first-order chi connectivity index (χ1) is 11.5. The molecule has 1 unspecified atom stereocenters. The summed E-state index contributed by atoms with van der Waals surface area (Å²) >= 11 is 0. The molecule has 130 valence electrons. The largest absolute Gasteiger partial charge is 0.377 e. The first-order valence-electron chi connectivity index (χ1n) is 8.16. The van der Waals surface area contributed by atoms with Crippen LogP contribution in [-0.4, -0.2) is 61.2 Å². The van der Waals surface area contributed by atoms with Crippen molar-refractivity contribution >= 4 is 17.3 Å². The number of carbonyl (C=O) groups is 1. The van der Waals surface area contributed by atoms with E-state index in [-0.39, 0.29) is 23.7 Å². The van der Waals surface area contributed by atoms with Crippen LogP contribution in [0.25, 0.3) is 0 Å². The van der Waals surface area contributed by atoms with Crippen molar-refractivity contribution in [1.82, 2.24) is 10.2 Å². The van der Waals surface area contributed by atoms with Gasteiger partial charge in [0.2, 0.25) is 0 Å². The second kappa shape index (κ2) is 7.14. The fourth-order valence-electron chi connectivity index (χ4n) is 2.68. The van der Waals surface area contributed by atoms with Crippen LogP contribution in [0.1, 0.15) is 23.2 Å². The zero-order valence-corrected chi connectivity index (χ0v) is 13.7. The molecular formula is C16H22N4O4. The van der Waals surface area contributed by atoms with Crippen molar-refractivity contribution < 1.29 is 14.5 Å². The van der Waals surface area contributed by atoms with Gasteiger partial charge in [0.15, 0.2) is 0 Å². The van der Waals surface area contributed by atoms with Gasteiger partial charge in [-0.25, -0.2) is 0 Å². The predicted molar refractivity (Wildman–Crippen MR) is 89.3 cm³/mol. The number of benzene rings is 1. The van der Waals surface area contributed by atoms with Crippen LogP contribution in [0.15, 0.2) is 18.2 Å². The Bertz CT molecular complexity index is 633. The molecule has 0 aromatic heterocycles. The van der Waals surface area contributed by atoms with Crippen LogP contribution in [0, 0.1) is 10.1 Å². The van der Waals surface area contributed by atoms with E-state index in [1.165, 1.54) is 6.07 Å². The maximum atomic E-state index is 12.0. The molecule has 24 heavy (non-hydrogen) atoms. The summed E-state index contributed by atoms with van der Waals surface area (Å²) in [6, 6.07) is 4.75. The van der Waals surface area contributed by atoms with E-state index >= 15 is 0 Å². The Kier molecular flexibility index (Phi) is 4.96. The van der Waals surface area contributed by atoms with Crippen LogP contribution in [0.4, 0.5) is 11.4 Å². The molecule has 3 rings (SSSR count). The van der Waals surface area contributed by atoms with Gasteiger partial charge in [-0.3, -0.25) is 14.9 Å². The standard InChI is InChI=1S/C16H22N4O4/c1-19-6-7-24-13(10-19)9-17-14-5-2-11(8-15(14)20(22)23)16(21)18-12-3-4-12/h2,5,8,12-13,17H,3-4,6-7,9-10H2,1H3,(H,18,21). The summed E-state index contributed by atoms with van der Waals surface area (Å²) in [5.41, 5.74) is 0.621. The normalized spacial score (nSPS) is 21.3. The molecule has 1 aliphatic carbocycles. The van der Waals surface area contributed by atoms with Crippen LogP contribution < -0.4 is 10.6 Å². The highest BCUT2D eigenvalue weighted by Crippen LogP contribution is 2.27. The number of carbonyl (C=O) groups excluding carboxylic acids is 1. The number of nitro benzene ring substituents is 1. The fourth-order valence-corrected chi connectivity index (χ4v) is 2.68. The van der Waals surface area contributed by atoms with Gasteiger partial charge in [-0.05, 0) is 32.0 Å². The number of amides is 1. The summed E-state index contributed by atoms with van der Waals surface area (Å²) in [5, 5.41) is 17.2. The maximum Gasteiger partial charge on any atom is 0.293 e. The third kappa shape index (κ3) is 4.21. The topological polar surface area (TPSA) is 96.7 Å². The number of ether oxygens (including phenoxy) is 1. The number of nitro groups is 1. The number of nitrogens with one attached hydrogen (secondary N) is 2. The summed E-state index contributed by atoms with van der Waals surface area (Å²) in [7, 11) is 2.02. The molecular weight excluding hydrogens is 312 g/mol. The molecule has 2 aliphatic rings. The van der Waals surface area contributed by atoms with Gasteiger partial charge in [-0.15, -0.1) is 0 Å². The van der Waals surface area contributed by atoms with Crippen LogP contribution in [0.2, 0.25) is 0 Å². The Balaban J connectivity index is 1.67. The Labute approximate surface area is 140 Å². The molecule has 8 nitrogen and oxygen atoms in total. The quantitative estimate of drug-likeness (QED) is 0.600. The Morgan fingerprint density at radius 1 is 1.46 bits per heavy atom. The van der Waals surface area contributed by atoms with Gasteiger partial charge in [-0.2, -0.15) is 0 Å². The molecule has 2 fully saturated rings. The Morgan fingerprint density at radius 2 is 2.25 bits per heavy atom. The zero-order valence-electron chi connectivity index (χ0n) is 13.7. The summed E-state index contributed by atoms with van der Waals surface area (Å²) in [5.74, 6) is -0.260. The third-order valence-corrected chi connectivity index (χ3v) is 4.23. The predicted octanol–water partition coefficient (Wildman–Crippen LogP) is 1.23. The van der Waals surface area contributed by atoms with E-state index in [1.807, 2.05) is 7.05 Å². The molecule has 0 radical (unpaired) electrons. The van der Waals surface area contributed by atoms with Crippen molar-refractivity contribution in [3.05, 3.63) is 33.9 Å². The van der Waals surface area contributed by atoms with Crippen molar-refractivity contribution in [2.45, 2.75) is 25.0 Å². The minimum absolute atomic E-state index is 0.0128. The molecule has 1 saturated carbocycles. The van der Waals surface area contributed by atoms with Crippen LogP contribution >= 0.6 is 0 Å².